The van der Waals surface area contributed by atoms with Gasteiger partial charge in [-0.15, -0.1) is 0 Å². The highest BCUT2D eigenvalue weighted by molar-refractivity contribution is 7.16. The summed E-state index contributed by atoms with van der Waals surface area (Å²) in [5, 5.41) is 6.22. The van der Waals surface area contributed by atoms with E-state index in [4.69, 9.17) is 0 Å². The molecule has 4 rings (SSSR count). The van der Waals surface area contributed by atoms with Crippen LogP contribution in [0.25, 0.3) is 0 Å². The Bertz CT molecular complexity index is 1190. The predicted octanol–water partition coefficient (Wildman–Crippen LogP) is 8.03. The highest BCUT2D eigenvalue weighted by Crippen LogP contribution is 2.41. The third-order valence-corrected chi connectivity index (χ3v) is 14.4. The summed E-state index contributed by atoms with van der Waals surface area (Å²) in [4.78, 5) is 0. The molecule has 0 heterocycles. The molecular formula is C35H44Si. The van der Waals surface area contributed by atoms with Crippen molar-refractivity contribution in [3.8, 4) is 0 Å². The molecule has 0 spiro atoms. The van der Waals surface area contributed by atoms with E-state index >= 15 is 0 Å². The van der Waals surface area contributed by atoms with Gasteiger partial charge in [-0.1, -0.05) is 130 Å². The van der Waals surface area contributed by atoms with E-state index in [9.17, 15) is 0 Å². The standard InChI is InChI=1S/C35H44Si/c1-9-24(3)30-21-31(25(4)10-2)23-34(22-30)36(32-17-13-11-14-18-32,33-19-15-12-16-20-33)35-28(7)26(5)27(6)29(35)8/h11-25,28H,9-10H2,1-8H3. The van der Waals surface area contributed by atoms with E-state index in [0.717, 1.165) is 12.8 Å². The van der Waals surface area contributed by atoms with E-state index in [2.05, 4.69) is 134 Å². The Labute approximate surface area is 221 Å². The maximum Gasteiger partial charge on any atom is 0.176 e. The van der Waals surface area contributed by atoms with Gasteiger partial charge in [0, 0.05) is 0 Å². The van der Waals surface area contributed by atoms with E-state index in [1.807, 2.05) is 0 Å². The summed E-state index contributed by atoms with van der Waals surface area (Å²) in [6.07, 6.45) is 2.32. The normalized spacial score (nSPS) is 18.1. The maximum atomic E-state index is 2.60. The number of rotatable bonds is 8. The van der Waals surface area contributed by atoms with Crippen molar-refractivity contribution >= 4 is 23.6 Å². The number of hydrogen-bond acceptors (Lipinski definition) is 0. The van der Waals surface area contributed by atoms with Crippen LogP contribution in [-0.2, 0) is 0 Å². The Morgan fingerprint density at radius 3 is 1.44 bits per heavy atom. The van der Waals surface area contributed by atoms with E-state index in [-0.39, 0.29) is 0 Å². The Morgan fingerprint density at radius 1 is 0.639 bits per heavy atom. The zero-order valence-corrected chi connectivity index (χ0v) is 24.7. The monoisotopic (exact) mass is 492 g/mol. The van der Waals surface area contributed by atoms with Crippen LogP contribution in [0.5, 0.6) is 0 Å². The van der Waals surface area contributed by atoms with Gasteiger partial charge in [0.1, 0.15) is 0 Å². The van der Waals surface area contributed by atoms with Crippen LogP contribution in [0, 0.1) is 5.92 Å². The van der Waals surface area contributed by atoms with Crippen LogP contribution in [0.1, 0.15) is 91.2 Å². The van der Waals surface area contributed by atoms with Gasteiger partial charge >= 0.3 is 0 Å². The summed E-state index contributed by atoms with van der Waals surface area (Å²) >= 11 is 0. The summed E-state index contributed by atoms with van der Waals surface area (Å²) in [7, 11) is -2.54. The molecule has 0 radical (unpaired) electrons. The van der Waals surface area contributed by atoms with E-state index in [1.165, 1.54) is 38.2 Å². The third-order valence-electron chi connectivity index (χ3n) is 9.23. The quantitative estimate of drug-likeness (QED) is 0.220. The molecule has 3 aromatic carbocycles. The van der Waals surface area contributed by atoms with Crippen molar-refractivity contribution in [3.63, 3.8) is 0 Å². The van der Waals surface area contributed by atoms with Gasteiger partial charge < -0.3 is 0 Å². The largest absolute Gasteiger partial charge is 0.176 e. The first kappa shape index (κ1) is 26.4. The van der Waals surface area contributed by atoms with Crippen molar-refractivity contribution < 1.29 is 0 Å². The Kier molecular flexibility index (Phi) is 7.90. The highest BCUT2D eigenvalue weighted by atomic mass is 28.3. The molecule has 3 unspecified atom stereocenters. The molecule has 1 aliphatic rings. The minimum Gasteiger partial charge on any atom is -0.0648 e. The van der Waals surface area contributed by atoms with Crippen LogP contribution in [0.4, 0.5) is 0 Å². The number of benzene rings is 3. The molecule has 0 fully saturated rings. The molecule has 188 valence electrons. The lowest BCUT2D eigenvalue weighted by molar-refractivity contribution is 0.712. The lowest BCUT2D eigenvalue weighted by Gasteiger charge is -2.39. The van der Waals surface area contributed by atoms with E-state index in [1.54, 1.807) is 10.4 Å². The van der Waals surface area contributed by atoms with Crippen molar-refractivity contribution in [2.45, 2.75) is 80.1 Å². The fourth-order valence-corrected chi connectivity index (χ4v) is 11.9. The van der Waals surface area contributed by atoms with Gasteiger partial charge in [-0.3, -0.25) is 0 Å². The Balaban J connectivity index is 2.20. The molecule has 1 heteroatoms. The van der Waals surface area contributed by atoms with Crippen LogP contribution < -0.4 is 15.6 Å². The third kappa shape index (κ3) is 4.37. The molecule has 0 nitrogen and oxygen atoms in total. The molecule has 1 aliphatic carbocycles. The summed E-state index contributed by atoms with van der Waals surface area (Å²) in [5.74, 6) is 1.53. The van der Waals surface area contributed by atoms with Crippen molar-refractivity contribution in [1.82, 2.24) is 0 Å². The highest BCUT2D eigenvalue weighted by Gasteiger charge is 2.48. The molecule has 3 aromatic rings. The van der Waals surface area contributed by atoms with Crippen molar-refractivity contribution in [2.75, 3.05) is 0 Å². The minimum atomic E-state index is -2.54. The lowest BCUT2D eigenvalue weighted by atomic mass is 9.92. The summed E-state index contributed by atoms with van der Waals surface area (Å²) < 4.78 is 0. The van der Waals surface area contributed by atoms with Gasteiger partial charge in [-0.05, 0) is 83.6 Å². The molecule has 0 aliphatic heterocycles. The summed E-state index contributed by atoms with van der Waals surface area (Å²) in [6, 6.07) is 30.7. The van der Waals surface area contributed by atoms with Crippen LogP contribution in [-0.4, -0.2) is 8.07 Å². The van der Waals surface area contributed by atoms with Gasteiger partial charge in [0.25, 0.3) is 0 Å². The van der Waals surface area contributed by atoms with Gasteiger partial charge in [-0.25, -0.2) is 0 Å². The maximum absolute atomic E-state index is 2.60. The zero-order chi connectivity index (χ0) is 26.0. The fourth-order valence-electron chi connectivity index (χ4n) is 6.25. The topological polar surface area (TPSA) is 0 Å². The number of hydrogen-bond donors (Lipinski definition) is 0. The van der Waals surface area contributed by atoms with Crippen LogP contribution in [0.2, 0.25) is 0 Å². The molecule has 0 saturated carbocycles. The Morgan fingerprint density at radius 2 is 1.08 bits per heavy atom. The second-order valence-electron chi connectivity index (χ2n) is 11.1. The van der Waals surface area contributed by atoms with Gasteiger partial charge in [-0.2, -0.15) is 0 Å². The second kappa shape index (κ2) is 10.8. The van der Waals surface area contributed by atoms with Gasteiger partial charge in [0.2, 0.25) is 0 Å². The lowest BCUT2D eigenvalue weighted by Crippen LogP contribution is -2.69. The summed E-state index contributed by atoms with van der Waals surface area (Å²) in [5.41, 5.74) is 7.53. The van der Waals surface area contributed by atoms with Crippen molar-refractivity contribution in [1.29, 1.82) is 0 Å². The molecule has 3 atom stereocenters. The fraction of sp³-hybridized carbons (Fsp3) is 0.371. The van der Waals surface area contributed by atoms with Crippen molar-refractivity contribution in [3.05, 3.63) is 112 Å². The first-order valence-corrected chi connectivity index (χ1v) is 15.9. The van der Waals surface area contributed by atoms with E-state index in [0.29, 0.717) is 17.8 Å². The molecule has 36 heavy (non-hydrogen) atoms. The second-order valence-corrected chi connectivity index (χ2v) is 14.8. The molecule has 0 aromatic heterocycles. The number of allylic oxidation sites excluding steroid dienone is 4. The smallest absolute Gasteiger partial charge is 0.0648 e. The summed E-state index contributed by atoms with van der Waals surface area (Å²) in [6.45, 7) is 19.0. The predicted molar refractivity (Wildman–Crippen MR) is 162 cm³/mol. The molecular weight excluding hydrogens is 448 g/mol. The van der Waals surface area contributed by atoms with E-state index < -0.39 is 8.07 Å². The first-order valence-electron chi connectivity index (χ1n) is 13.9. The minimum absolute atomic E-state index is 0.441. The first-order chi connectivity index (χ1) is 17.3. The van der Waals surface area contributed by atoms with Gasteiger partial charge in [0.05, 0.1) is 0 Å². The van der Waals surface area contributed by atoms with Gasteiger partial charge in [0.15, 0.2) is 8.07 Å². The zero-order valence-electron chi connectivity index (χ0n) is 23.7. The molecule has 0 amide bonds. The molecule has 0 saturated heterocycles. The van der Waals surface area contributed by atoms with Crippen LogP contribution >= 0.6 is 0 Å². The average molecular weight is 493 g/mol. The van der Waals surface area contributed by atoms with Crippen molar-refractivity contribution in [2.24, 2.45) is 5.92 Å². The average Bonchev–Trinajstić information content (AvgIpc) is 3.12. The molecule has 0 bridgehead atoms. The Hall–Kier alpha value is -2.64. The van der Waals surface area contributed by atoms with Crippen LogP contribution in [0.3, 0.4) is 0 Å². The SMILES string of the molecule is CCC(C)c1cc(C(C)CC)cc([Si](C2=C(C)C(C)=C(C)C2C)(c2ccccc2)c2ccccc2)c1. The van der Waals surface area contributed by atoms with Crippen LogP contribution in [0.15, 0.2) is 101 Å². The molecule has 0 N–H and O–H groups in total.